The van der Waals surface area contributed by atoms with Crippen LogP contribution in [0.5, 0.6) is 11.5 Å². The van der Waals surface area contributed by atoms with Crippen molar-refractivity contribution in [2.45, 2.75) is 37.8 Å². The third-order valence-corrected chi connectivity index (χ3v) is 13.3. The van der Waals surface area contributed by atoms with E-state index in [2.05, 4.69) is 37.6 Å². The Bertz CT molecular complexity index is 2740. The normalized spacial score (nSPS) is 18.3. The molecule has 6 heterocycles. The Hall–Kier alpha value is -6.17. The van der Waals surface area contributed by atoms with Crippen molar-refractivity contribution in [1.29, 1.82) is 0 Å². The van der Waals surface area contributed by atoms with Crippen LogP contribution in [0.4, 0.5) is 31.8 Å². The van der Waals surface area contributed by atoms with E-state index in [0.717, 1.165) is 68.8 Å². The number of piperidine rings is 1. The summed E-state index contributed by atoms with van der Waals surface area (Å²) in [5.41, 5.74) is 5.43. The molecule has 0 saturated carbocycles. The van der Waals surface area contributed by atoms with Crippen LogP contribution >= 0.6 is 0 Å². The Morgan fingerprint density at radius 1 is 0.852 bits per heavy atom. The summed E-state index contributed by atoms with van der Waals surface area (Å²) >= 11 is 0. The number of fused-ring (bicyclic) bond motifs is 4. The Kier molecular flexibility index (Phi) is 10.8. The van der Waals surface area contributed by atoms with Crippen molar-refractivity contribution in [1.82, 2.24) is 28.6 Å². The average molecular weight is 850 g/mol. The molecule has 0 aliphatic carbocycles. The molecule has 2 unspecified atom stereocenters. The lowest BCUT2D eigenvalue weighted by Crippen LogP contribution is -2.56. The van der Waals surface area contributed by atoms with Crippen LogP contribution in [-0.2, 0) is 16.4 Å². The first kappa shape index (κ1) is 40.2. The molecule has 14 nitrogen and oxygen atoms in total. The molecule has 0 bridgehead atoms. The van der Waals surface area contributed by atoms with Gasteiger partial charge in [0, 0.05) is 74.5 Å². The fraction of sp³-hybridized carbons (Fsp3) is 0.318. The second-order valence-corrected chi connectivity index (χ2v) is 17.5. The smallest absolute Gasteiger partial charge is 0.259 e. The van der Waals surface area contributed by atoms with Crippen molar-refractivity contribution < 1.29 is 31.5 Å². The molecule has 0 spiro atoms. The number of carbonyl (C=O) groups is 1. The van der Waals surface area contributed by atoms with Crippen molar-refractivity contribution in [3.05, 3.63) is 108 Å². The molecule has 61 heavy (non-hydrogen) atoms. The SMILES string of the molecule is COc1cc2c(cc1Nc1nccc(-c3c(-c4ccc(OC)c(C(=O)Nc5c(F)cccc5F)c4)nc4ccccn34)n1)CCC1CC(N3CCN(S(C)(=O)=O)CC3)CCN21. The van der Waals surface area contributed by atoms with Crippen LogP contribution in [0.25, 0.3) is 28.3 Å². The Morgan fingerprint density at radius 2 is 1.64 bits per heavy atom. The summed E-state index contributed by atoms with van der Waals surface area (Å²) in [6.45, 7) is 3.50. The van der Waals surface area contributed by atoms with E-state index in [4.69, 9.17) is 19.4 Å². The number of carbonyl (C=O) groups excluding carboxylic acids is 1. The maximum absolute atomic E-state index is 14.5. The van der Waals surface area contributed by atoms with E-state index in [9.17, 15) is 22.0 Å². The first-order chi connectivity index (χ1) is 29.5. The number of aryl methyl sites for hydroxylation is 1. The first-order valence-electron chi connectivity index (χ1n) is 20.2. The summed E-state index contributed by atoms with van der Waals surface area (Å²) in [4.78, 5) is 33.0. The molecule has 2 N–H and O–H groups in total. The lowest BCUT2D eigenvalue weighted by atomic mass is 9.86. The summed E-state index contributed by atoms with van der Waals surface area (Å²) in [5, 5.41) is 5.77. The number of rotatable bonds is 10. The van der Waals surface area contributed by atoms with E-state index >= 15 is 0 Å². The minimum atomic E-state index is -3.17. The largest absolute Gasteiger partial charge is 0.496 e. The van der Waals surface area contributed by atoms with Gasteiger partial charge in [-0.05, 0) is 85.8 Å². The highest BCUT2D eigenvalue weighted by Crippen LogP contribution is 2.43. The average Bonchev–Trinajstić information content (AvgIpc) is 3.66. The zero-order valence-electron chi connectivity index (χ0n) is 33.9. The number of anilines is 4. The molecule has 3 aliphatic rings. The Labute approximate surface area is 352 Å². The summed E-state index contributed by atoms with van der Waals surface area (Å²) < 4.78 is 68.1. The quantitative estimate of drug-likeness (QED) is 0.154. The third-order valence-electron chi connectivity index (χ3n) is 12.0. The van der Waals surface area contributed by atoms with E-state index in [0.29, 0.717) is 65.2 Å². The van der Waals surface area contributed by atoms with Gasteiger partial charge in [-0.1, -0.05) is 12.1 Å². The standard InChI is InChI=1S/C44H45F2N9O5S/c1-59-37-13-11-28(23-31(37)43(56)51-41-32(45)7-6-8-33(41)46)40-42(55-17-5-4-9-39(55)50-40)34-14-16-47-44(48-34)49-35-24-27-10-12-30-25-29(15-18-54(30)36(27)26-38(35)60-2)52-19-21-53(22-20-52)61(3,57)58/h4-9,11,13-14,16-17,23-24,26,29-30H,10,12,15,18-22,25H2,1-3H3,(H,51,56)(H,47,48,49). The fourth-order valence-electron chi connectivity index (χ4n) is 8.97. The number of aromatic nitrogens is 4. The Morgan fingerprint density at radius 3 is 2.39 bits per heavy atom. The van der Waals surface area contributed by atoms with Crippen LogP contribution in [0.15, 0.2) is 85.2 Å². The maximum atomic E-state index is 14.5. The van der Waals surface area contributed by atoms with Gasteiger partial charge in [0.25, 0.3) is 5.91 Å². The molecule has 316 valence electrons. The number of nitrogens with one attached hydrogen (secondary N) is 2. The number of hydrogen-bond donors (Lipinski definition) is 2. The number of piperazine rings is 1. The highest BCUT2D eigenvalue weighted by Gasteiger charge is 2.37. The van der Waals surface area contributed by atoms with Gasteiger partial charge >= 0.3 is 0 Å². The topological polar surface area (TPSA) is 147 Å². The molecule has 3 aromatic carbocycles. The van der Waals surface area contributed by atoms with Gasteiger partial charge in [-0.2, -0.15) is 4.31 Å². The highest BCUT2D eigenvalue weighted by atomic mass is 32.2. The highest BCUT2D eigenvalue weighted by molar-refractivity contribution is 7.88. The summed E-state index contributed by atoms with van der Waals surface area (Å²) in [6.07, 6.45) is 8.76. The molecule has 2 saturated heterocycles. The molecular weight excluding hydrogens is 805 g/mol. The second kappa shape index (κ2) is 16.4. The Balaban J connectivity index is 0.982. The number of ether oxygens (including phenoxy) is 2. The van der Waals surface area contributed by atoms with E-state index in [1.54, 1.807) is 41.9 Å². The van der Waals surface area contributed by atoms with Crippen LogP contribution in [0.1, 0.15) is 35.2 Å². The molecular formula is C44H45F2N9O5S. The molecule has 2 atom stereocenters. The van der Waals surface area contributed by atoms with Gasteiger partial charge in [-0.3, -0.25) is 14.1 Å². The minimum absolute atomic E-state index is 0.0517. The van der Waals surface area contributed by atoms with E-state index in [-0.39, 0.29) is 11.3 Å². The van der Waals surface area contributed by atoms with Crippen molar-refractivity contribution in [2.75, 3.05) is 68.7 Å². The molecule has 1 amide bonds. The van der Waals surface area contributed by atoms with Gasteiger partial charge in [0.1, 0.15) is 34.5 Å². The van der Waals surface area contributed by atoms with Gasteiger partial charge in [0.05, 0.1) is 48.8 Å². The van der Waals surface area contributed by atoms with E-state index in [1.807, 2.05) is 28.8 Å². The van der Waals surface area contributed by atoms with Crippen LogP contribution in [0.3, 0.4) is 0 Å². The molecule has 9 rings (SSSR count). The van der Waals surface area contributed by atoms with Gasteiger partial charge in [0.2, 0.25) is 16.0 Å². The van der Waals surface area contributed by atoms with Gasteiger partial charge < -0.3 is 25.0 Å². The molecule has 2 fully saturated rings. The van der Waals surface area contributed by atoms with Crippen LogP contribution in [-0.4, -0.2) is 108 Å². The molecule has 3 aromatic heterocycles. The van der Waals surface area contributed by atoms with E-state index < -0.39 is 33.3 Å². The lowest BCUT2D eigenvalue weighted by Gasteiger charge is -2.48. The van der Waals surface area contributed by atoms with Crippen LogP contribution in [0.2, 0.25) is 0 Å². The predicted octanol–water partition coefficient (Wildman–Crippen LogP) is 6.61. The number of methoxy groups -OCH3 is 2. The van der Waals surface area contributed by atoms with Crippen molar-refractivity contribution in [3.63, 3.8) is 0 Å². The zero-order valence-corrected chi connectivity index (χ0v) is 34.8. The second-order valence-electron chi connectivity index (χ2n) is 15.5. The van der Waals surface area contributed by atoms with Gasteiger partial charge in [0.15, 0.2) is 0 Å². The van der Waals surface area contributed by atoms with Crippen molar-refractivity contribution in [3.8, 4) is 34.1 Å². The number of benzene rings is 3. The zero-order chi connectivity index (χ0) is 42.4. The molecule has 6 aromatic rings. The van der Waals surface area contributed by atoms with Gasteiger partial charge in [-0.25, -0.2) is 32.2 Å². The van der Waals surface area contributed by atoms with Crippen LogP contribution in [0, 0.1) is 11.6 Å². The molecule has 3 aliphatic heterocycles. The van der Waals surface area contributed by atoms with Crippen molar-refractivity contribution in [2.24, 2.45) is 0 Å². The van der Waals surface area contributed by atoms with Gasteiger partial charge in [-0.15, -0.1) is 0 Å². The number of pyridine rings is 1. The van der Waals surface area contributed by atoms with E-state index in [1.165, 1.54) is 25.0 Å². The van der Waals surface area contributed by atoms with Crippen molar-refractivity contribution >= 4 is 44.6 Å². The minimum Gasteiger partial charge on any atom is -0.496 e. The van der Waals surface area contributed by atoms with Crippen LogP contribution < -0.4 is 25.0 Å². The number of para-hydroxylation sites is 1. The number of amides is 1. The fourth-order valence-corrected chi connectivity index (χ4v) is 9.79. The number of hydrogen-bond acceptors (Lipinski definition) is 11. The monoisotopic (exact) mass is 849 g/mol. The maximum Gasteiger partial charge on any atom is 0.259 e. The summed E-state index contributed by atoms with van der Waals surface area (Å²) in [6, 6.07) is 20.7. The summed E-state index contributed by atoms with van der Waals surface area (Å²) in [5.74, 6) is -1.38. The molecule has 0 radical (unpaired) electrons. The molecule has 17 heteroatoms. The number of halogens is 2. The first-order valence-corrected chi connectivity index (χ1v) is 22.0. The third kappa shape index (κ3) is 7.84. The number of sulfonamides is 1. The lowest BCUT2D eigenvalue weighted by molar-refractivity contribution is 0.102. The summed E-state index contributed by atoms with van der Waals surface area (Å²) in [7, 11) is -0.115. The predicted molar refractivity (Wildman–Crippen MR) is 229 cm³/mol. The number of nitrogens with zero attached hydrogens (tertiary/aromatic N) is 7. The number of imidazole rings is 1.